The highest BCUT2D eigenvalue weighted by Crippen LogP contribution is 2.39. The summed E-state index contributed by atoms with van der Waals surface area (Å²) >= 11 is 0. The number of nitrogens with one attached hydrogen (secondary N) is 1. The van der Waals surface area contributed by atoms with Crippen LogP contribution >= 0.6 is 0 Å². The third kappa shape index (κ3) is 2.81. The van der Waals surface area contributed by atoms with E-state index < -0.39 is 0 Å². The standard InChI is InChI=1S/C14H22N4O/c1-8-12(15)17-14(9-2-3-9)18-13(8)16-10-4-6-11(19)7-5-10/h9-11,19H,2-7H2,1H3,(H3,15,16,17,18). The molecule has 0 amide bonds. The van der Waals surface area contributed by atoms with Crippen LogP contribution < -0.4 is 11.1 Å². The van der Waals surface area contributed by atoms with Crippen LogP contribution in [0.5, 0.6) is 0 Å². The van der Waals surface area contributed by atoms with Gasteiger partial charge in [0.05, 0.1) is 6.10 Å². The van der Waals surface area contributed by atoms with Crippen LogP contribution in [0.25, 0.3) is 0 Å². The molecule has 0 unspecified atom stereocenters. The Hall–Kier alpha value is -1.36. The quantitative estimate of drug-likeness (QED) is 0.775. The van der Waals surface area contributed by atoms with Gasteiger partial charge >= 0.3 is 0 Å². The Bertz CT molecular complexity index is 465. The number of nitrogen functional groups attached to an aromatic ring is 1. The number of aromatic nitrogens is 2. The summed E-state index contributed by atoms with van der Waals surface area (Å²) in [5.74, 6) is 2.88. The Balaban J connectivity index is 1.75. The van der Waals surface area contributed by atoms with Crippen molar-refractivity contribution in [1.29, 1.82) is 0 Å². The van der Waals surface area contributed by atoms with E-state index in [0.29, 0.717) is 17.8 Å². The highest BCUT2D eigenvalue weighted by atomic mass is 16.3. The van der Waals surface area contributed by atoms with Crippen molar-refractivity contribution >= 4 is 11.6 Å². The van der Waals surface area contributed by atoms with Crippen LogP contribution in [-0.2, 0) is 0 Å². The highest BCUT2D eigenvalue weighted by Gasteiger charge is 2.28. The molecule has 19 heavy (non-hydrogen) atoms. The van der Waals surface area contributed by atoms with Crippen molar-refractivity contribution in [2.45, 2.75) is 63.5 Å². The zero-order valence-corrected chi connectivity index (χ0v) is 11.4. The van der Waals surface area contributed by atoms with E-state index in [-0.39, 0.29) is 6.10 Å². The molecule has 104 valence electrons. The van der Waals surface area contributed by atoms with E-state index in [1.54, 1.807) is 0 Å². The van der Waals surface area contributed by atoms with E-state index in [0.717, 1.165) is 42.9 Å². The van der Waals surface area contributed by atoms with Crippen LogP contribution in [0, 0.1) is 6.92 Å². The fourth-order valence-electron chi connectivity index (χ4n) is 2.63. The van der Waals surface area contributed by atoms with Crippen molar-refractivity contribution < 1.29 is 5.11 Å². The number of aliphatic hydroxyl groups is 1. The van der Waals surface area contributed by atoms with Gasteiger partial charge in [-0.25, -0.2) is 9.97 Å². The summed E-state index contributed by atoms with van der Waals surface area (Å²) in [7, 11) is 0. The van der Waals surface area contributed by atoms with Crippen LogP contribution in [0.15, 0.2) is 0 Å². The van der Waals surface area contributed by atoms with Crippen molar-refractivity contribution in [3.8, 4) is 0 Å². The summed E-state index contributed by atoms with van der Waals surface area (Å²) in [6.45, 7) is 1.96. The number of nitrogens with two attached hydrogens (primary N) is 1. The Morgan fingerprint density at radius 2 is 1.79 bits per heavy atom. The lowest BCUT2D eigenvalue weighted by Crippen LogP contribution is -2.29. The van der Waals surface area contributed by atoms with Crippen molar-refractivity contribution in [2.24, 2.45) is 0 Å². The van der Waals surface area contributed by atoms with E-state index in [1.807, 2.05) is 6.92 Å². The van der Waals surface area contributed by atoms with Gasteiger partial charge in [0.25, 0.3) is 0 Å². The molecule has 1 aromatic heterocycles. The van der Waals surface area contributed by atoms with Gasteiger partial charge in [0.15, 0.2) is 0 Å². The second-order valence-electron chi connectivity index (χ2n) is 5.86. The minimum absolute atomic E-state index is 0.128. The van der Waals surface area contributed by atoms with Crippen molar-refractivity contribution in [3.05, 3.63) is 11.4 Å². The second-order valence-corrected chi connectivity index (χ2v) is 5.86. The molecule has 2 aliphatic carbocycles. The molecule has 0 bridgehead atoms. The fraction of sp³-hybridized carbons (Fsp3) is 0.714. The molecule has 0 aliphatic heterocycles. The molecule has 3 rings (SSSR count). The maximum Gasteiger partial charge on any atom is 0.136 e. The number of rotatable bonds is 3. The molecule has 2 fully saturated rings. The SMILES string of the molecule is Cc1c(N)nc(C2CC2)nc1NC1CCC(O)CC1. The Kier molecular flexibility index (Phi) is 3.31. The third-order valence-electron chi connectivity index (χ3n) is 4.18. The molecular formula is C14H22N4O. The zero-order valence-electron chi connectivity index (χ0n) is 11.4. The highest BCUT2D eigenvalue weighted by molar-refractivity contribution is 5.55. The first-order valence-electron chi connectivity index (χ1n) is 7.22. The van der Waals surface area contributed by atoms with Crippen LogP contribution in [0.4, 0.5) is 11.6 Å². The first-order valence-corrected chi connectivity index (χ1v) is 7.22. The largest absolute Gasteiger partial charge is 0.393 e. The Morgan fingerprint density at radius 3 is 2.42 bits per heavy atom. The molecule has 1 heterocycles. The second kappa shape index (κ2) is 4.96. The van der Waals surface area contributed by atoms with E-state index >= 15 is 0 Å². The smallest absolute Gasteiger partial charge is 0.136 e. The predicted octanol–water partition coefficient (Wildman–Crippen LogP) is 1.96. The molecule has 2 aliphatic rings. The summed E-state index contributed by atoms with van der Waals surface area (Å²) < 4.78 is 0. The molecule has 0 saturated heterocycles. The predicted molar refractivity (Wildman–Crippen MR) is 75.0 cm³/mol. The monoisotopic (exact) mass is 262 g/mol. The number of anilines is 2. The van der Waals surface area contributed by atoms with E-state index in [2.05, 4.69) is 15.3 Å². The summed E-state index contributed by atoms with van der Waals surface area (Å²) in [6, 6.07) is 0.392. The molecule has 5 nitrogen and oxygen atoms in total. The summed E-state index contributed by atoms with van der Waals surface area (Å²) in [5.41, 5.74) is 6.92. The molecule has 4 N–H and O–H groups in total. The van der Waals surface area contributed by atoms with Gasteiger partial charge < -0.3 is 16.2 Å². The summed E-state index contributed by atoms with van der Waals surface area (Å²) in [5, 5.41) is 13.0. The maximum absolute atomic E-state index is 9.54. The number of aliphatic hydroxyl groups excluding tert-OH is 1. The molecule has 0 atom stereocenters. The molecule has 0 aromatic carbocycles. The van der Waals surface area contributed by atoms with Crippen LogP contribution in [0.1, 0.15) is 55.8 Å². The summed E-state index contributed by atoms with van der Waals surface area (Å²) in [6.07, 6.45) is 5.94. The van der Waals surface area contributed by atoms with Crippen LogP contribution in [0.2, 0.25) is 0 Å². The lowest BCUT2D eigenvalue weighted by Gasteiger charge is -2.27. The Labute approximate surface area is 113 Å². The van der Waals surface area contributed by atoms with Crippen LogP contribution in [-0.4, -0.2) is 27.2 Å². The minimum Gasteiger partial charge on any atom is -0.393 e. The van der Waals surface area contributed by atoms with Crippen molar-refractivity contribution in [2.75, 3.05) is 11.1 Å². The molecular weight excluding hydrogens is 240 g/mol. The van der Waals surface area contributed by atoms with Gasteiger partial charge in [-0.1, -0.05) is 0 Å². The first-order chi connectivity index (χ1) is 9.13. The van der Waals surface area contributed by atoms with Gasteiger partial charge in [0, 0.05) is 17.5 Å². The summed E-state index contributed by atoms with van der Waals surface area (Å²) in [4.78, 5) is 9.03. The fourth-order valence-corrected chi connectivity index (χ4v) is 2.63. The lowest BCUT2D eigenvalue weighted by molar-refractivity contribution is 0.126. The molecule has 1 aromatic rings. The Morgan fingerprint density at radius 1 is 1.11 bits per heavy atom. The van der Waals surface area contributed by atoms with Gasteiger partial charge in [-0.3, -0.25) is 0 Å². The first kappa shape index (κ1) is 12.7. The van der Waals surface area contributed by atoms with E-state index in [9.17, 15) is 5.11 Å². The number of nitrogens with zero attached hydrogens (tertiary/aromatic N) is 2. The van der Waals surface area contributed by atoms with Crippen molar-refractivity contribution in [3.63, 3.8) is 0 Å². The van der Waals surface area contributed by atoms with Crippen LogP contribution in [0.3, 0.4) is 0 Å². The normalized spacial score (nSPS) is 27.3. The van der Waals surface area contributed by atoms with E-state index in [1.165, 1.54) is 12.8 Å². The van der Waals surface area contributed by atoms with Gasteiger partial charge in [-0.2, -0.15) is 0 Å². The van der Waals surface area contributed by atoms with Gasteiger partial charge in [-0.05, 0) is 45.4 Å². The third-order valence-corrected chi connectivity index (χ3v) is 4.18. The number of hydrogen-bond donors (Lipinski definition) is 3. The molecule has 0 spiro atoms. The lowest BCUT2D eigenvalue weighted by atomic mass is 9.93. The van der Waals surface area contributed by atoms with E-state index in [4.69, 9.17) is 5.73 Å². The molecule has 0 radical (unpaired) electrons. The molecule has 5 heteroatoms. The topological polar surface area (TPSA) is 84.1 Å². The van der Waals surface area contributed by atoms with Crippen molar-refractivity contribution in [1.82, 2.24) is 9.97 Å². The number of hydrogen-bond acceptors (Lipinski definition) is 5. The van der Waals surface area contributed by atoms with Gasteiger partial charge in [0.2, 0.25) is 0 Å². The van der Waals surface area contributed by atoms with Gasteiger partial charge in [0.1, 0.15) is 17.5 Å². The minimum atomic E-state index is -0.128. The average Bonchev–Trinajstić information content (AvgIpc) is 3.21. The average molecular weight is 262 g/mol. The zero-order chi connectivity index (χ0) is 13.4. The molecule has 2 saturated carbocycles. The van der Waals surface area contributed by atoms with Gasteiger partial charge in [-0.15, -0.1) is 0 Å². The maximum atomic E-state index is 9.54.